The van der Waals surface area contributed by atoms with E-state index >= 15 is 0 Å². The molecule has 2 rings (SSSR count). The Bertz CT molecular complexity index is 789. The summed E-state index contributed by atoms with van der Waals surface area (Å²) in [5, 5.41) is 2.53. The minimum absolute atomic E-state index is 0.0741. The Morgan fingerprint density at radius 3 is 2.32 bits per heavy atom. The second kappa shape index (κ2) is 9.42. The zero-order valence-electron chi connectivity index (χ0n) is 18.7. The molecule has 0 aromatic heterocycles. The van der Waals surface area contributed by atoms with E-state index in [1.54, 1.807) is 20.8 Å². The van der Waals surface area contributed by atoms with Crippen molar-refractivity contribution >= 4 is 35.4 Å². The van der Waals surface area contributed by atoms with Gasteiger partial charge in [-0.2, -0.15) is 0 Å². The minimum Gasteiger partial charge on any atom is -0.444 e. The summed E-state index contributed by atoms with van der Waals surface area (Å²) in [7, 11) is 0. The highest BCUT2D eigenvalue weighted by Gasteiger charge is 2.47. The molecule has 1 heterocycles. The van der Waals surface area contributed by atoms with E-state index in [0.29, 0.717) is 0 Å². The molecule has 31 heavy (non-hydrogen) atoms. The first-order chi connectivity index (χ1) is 14.2. The number of ketones is 1. The van der Waals surface area contributed by atoms with E-state index < -0.39 is 47.2 Å². The lowest BCUT2D eigenvalue weighted by molar-refractivity contribution is -0.238. The predicted octanol–water partition coefficient (Wildman–Crippen LogP) is 3.42. The zero-order chi connectivity index (χ0) is 23.6. The van der Waals surface area contributed by atoms with Gasteiger partial charge in [0.25, 0.3) is 5.79 Å². The Morgan fingerprint density at radius 2 is 1.81 bits per heavy atom. The molecule has 0 aromatic rings. The highest BCUT2D eigenvalue weighted by molar-refractivity contribution is 6.22. The molecule has 1 N–H and O–H groups in total. The van der Waals surface area contributed by atoms with Crippen LogP contribution in [0.4, 0.5) is 4.79 Å². The van der Waals surface area contributed by atoms with E-state index in [-0.39, 0.29) is 24.1 Å². The van der Waals surface area contributed by atoms with Gasteiger partial charge in [0.15, 0.2) is 5.78 Å². The molecule has 0 spiro atoms. The molecule has 0 radical (unpaired) electrons. The zero-order valence-corrected chi connectivity index (χ0v) is 19.4. The van der Waals surface area contributed by atoms with Gasteiger partial charge >= 0.3 is 18.0 Å². The van der Waals surface area contributed by atoms with Gasteiger partial charge in [-0.05, 0) is 38.7 Å². The highest BCUT2D eigenvalue weighted by atomic mass is 35.5. The number of hydrogen-bond acceptors (Lipinski definition) is 7. The van der Waals surface area contributed by atoms with Crippen molar-refractivity contribution in [2.24, 2.45) is 11.8 Å². The molecule has 2 unspecified atom stereocenters. The van der Waals surface area contributed by atoms with Gasteiger partial charge in [-0.25, -0.2) is 4.79 Å². The van der Waals surface area contributed by atoms with Crippen LogP contribution in [0, 0.1) is 11.8 Å². The van der Waals surface area contributed by atoms with Crippen molar-refractivity contribution in [2.45, 2.75) is 77.2 Å². The standard InChI is InChI=1S/C22H30ClNO7/c1-12-9-13(7-8-15(12)23)10-14(24-20(28)31-21(2,3)4)11-16(25)17-18(26)29-22(5,6)30-19(17)27/h7-9,12,14-15,17H,10-11H2,1-6H3,(H,24,28)/t12?,14-,15?/m0/s1. The van der Waals surface area contributed by atoms with Gasteiger partial charge in [-0.3, -0.25) is 14.4 Å². The number of ether oxygens (including phenoxy) is 3. The SMILES string of the molecule is CC1C=C(C[C@@H](CC(=O)C2C(=O)OC(C)(C)OC2=O)NC(=O)OC(C)(C)C)C=CC1Cl. The van der Waals surface area contributed by atoms with Crippen LogP contribution in [0.3, 0.4) is 0 Å². The predicted molar refractivity (Wildman–Crippen MR) is 113 cm³/mol. The summed E-state index contributed by atoms with van der Waals surface area (Å²) in [6.45, 7) is 9.93. The number of esters is 2. The Balaban J connectivity index is 2.16. The van der Waals surface area contributed by atoms with Gasteiger partial charge in [0, 0.05) is 26.3 Å². The maximum Gasteiger partial charge on any atom is 0.407 e. The fourth-order valence-corrected chi connectivity index (χ4v) is 3.43. The molecule has 0 bridgehead atoms. The first kappa shape index (κ1) is 24.9. The van der Waals surface area contributed by atoms with Crippen molar-refractivity contribution in [3.05, 3.63) is 23.8 Å². The molecule has 1 fully saturated rings. The number of alkyl carbamates (subject to hydrolysis) is 1. The Kier molecular flexibility index (Phi) is 7.57. The third-order valence-corrected chi connectivity index (χ3v) is 5.15. The number of allylic oxidation sites excluding steroid dienone is 3. The number of nitrogens with one attached hydrogen (secondary N) is 1. The number of Topliss-reactive ketones (excluding diaryl/α,β-unsaturated/α-hetero) is 1. The second-order valence-corrected chi connectivity index (χ2v) is 9.80. The monoisotopic (exact) mass is 455 g/mol. The molecule has 1 aliphatic carbocycles. The van der Waals surface area contributed by atoms with E-state index in [9.17, 15) is 19.2 Å². The van der Waals surface area contributed by atoms with Crippen LogP contribution in [0.15, 0.2) is 23.8 Å². The van der Waals surface area contributed by atoms with E-state index in [1.807, 2.05) is 25.2 Å². The van der Waals surface area contributed by atoms with Gasteiger partial charge in [0.2, 0.25) is 5.92 Å². The topological polar surface area (TPSA) is 108 Å². The summed E-state index contributed by atoms with van der Waals surface area (Å²) in [4.78, 5) is 49.6. The van der Waals surface area contributed by atoms with Crippen LogP contribution < -0.4 is 5.32 Å². The second-order valence-electron chi connectivity index (χ2n) is 9.30. The molecule has 172 valence electrons. The van der Waals surface area contributed by atoms with Crippen molar-refractivity contribution in [1.82, 2.24) is 5.32 Å². The molecule has 9 heteroatoms. The van der Waals surface area contributed by atoms with Crippen LogP contribution in [-0.4, -0.2) is 46.6 Å². The van der Waals surface area contributed by atoms with Crippen molar-refractivity contribution < 1.29 is 33.4 Å². The van der Waals surface area contributed by atoms with Gasteiger partial charge in [-0.1, -0.05) is 25.2 Å². The average molecular weight is 456 g/mol. The van der Waals surface area contributed by atoms with Gasteiger partial charge in [0.1, 0.15) is 5.60 Å². The van der Waals surface area contributed by atoms with Crippen molar-refractivity contribution in [2.75, 3.05) is 0 Å². The number of rotatable bonds is 6. The molecular weight excluding hydrogens is 426 g/mol. The van der Waals surface area contributed by atoms with Gasteiger partial charge < -0.3 is 19.5 Å². The molecule has 1 amide bonds. The van der Waals surface area contributed by atoms with Crippen LogP contribution in [0.5, 0.6) is 0 Å². The van der Waals surface area contributed by atoms with Gasteiger partial charge in [-0.15, -0.1) is 11.6 Å². The van der Waals surface area contributed by atoms with E-state index in [0.717, 1.165) is 5.57 Å². The summed E-state index contributed by atoms with van der Waals surface area (Å²) in [5.41, 5.74) is 0.138. The van der Waals surface area contributed by atoms with E-state index in [1.165, 1.54) is 13.8 Å². The largest absolute Gasteiger partial charge is 0.444 e. The third kappa shape index (κ3) is 7.38. The number of cyclic esters (lactones) is 2. The van der Waals surface area contributed by atoms with Crippen LogP contribution in [0.2, 0.25) is 0 Å². The Morgan fingerprint density at radius 1 is 1.23 bits per heavy atom. The van der Waals surface area contributed by atoms with E-state index in [4.69, 9.17) is 25.8 Å². The summed E-state index contributed by atoms with van der Waals surface area (Å²) in [6.07, 6.45) is 4.93. The maximum atomic E-state index is 12.8. The quantitative estimate of drug-likeness (QED) is 0.371. The smallest absolute Gasteiger partial charge is 0.407 e. The Hall–Kier alpha value is -2.35. The molecule has 1 aliphatic heterocycles. The van der Waals surface area contributed by atoms with Crippen LogP contribution in [0.1, 0.15) is 54.4 Å². The average Bonchev–Trinajstić information content (AvgIpc) is 2.54. The first-order valence-corrected chi connectivity index (χ1v) is 10.6. The number of carbonyl (C=O) groups is 4. The van der Waals surface area contributed by atoms with Crippen LogP contribution in [0.25, 0.3) is 0 Å². The summed E-state index contributed by atoms with van der Waals surface area (Å²) in [6, 6.07) is -0.715. The van der Waals surface area contributed by atoms with Crippen molar-refractivity contribution in [3.63, 3.8) is 0 Å². The lowest BCUT2D eigenvalue weighted by Crippen LogP contribution is -2.50. The molecule has 0 aromatic carbocycles. The lowest BCUT2D eigenvalue weighted by Gasteiger charge is -2.32. The minimum atomic E-state index is -1.68. The molecule has 1 saturated heterocycles. The normalized spacial score (nSPS) is 24.5. The fourth-order valence-electron chi connectivity index (χ4n) is 3.29. The number of halogens is 1. The molecule has 8 nitrogen and oxygen atoms in total. The maximum absolute atomic E-state index is 12.8. The fraction of sp³-hybridized carbons (Fsp3) is 0.636. The lowest BCUT2D eigenvalue weighted by atomic mass is 9.90. The Labute approximate surface area is 187 Å². The van der Waals surface area contributed by atoms with Crippen molar-refractivity contribution in [3.8, 4) is 0 Å². The molecule has 3 atom stereocenters. The number of alkyl halides is 1. The summed E-state index contributed by atoms with van der Waals surface area (Å²) >= 11 is 6.19. The molecule has 0 saturated carbocycles. The summed E-state index contributed by atoms with van der Waals surface area (Å²) in [5.74, 6) is -5.65. The van der Waals surface area contributed by atoms with E-state index in [2.05, 4.69) is 5.32 Å². The van der Waals surface area contributed by atoms with Crippen LogP contribution >= 0.6 is 11.6 Å². The summed E-state index contributed by atoms with van der Waals surface area (Å²) < 4.78 is 15.3. The molecule has 2 aliphatic rings. The number of hydrogen-bond donors (Lipinski definition) is 1. The third-order valence-electron chi connectivity index (χ3n) is 4.61. The van der Waals surface area contributed by atoms with Crippen LogP contribution in [-0.2, 0) is 28.6 Å². The van der Waals surface area contributed by atoms with Crippen molar-refractivity contribution in [1.29, 1.82) is 0 Å². The van der Waals surface area contributed by atoms with Gasteiger partial charge in [0.05, 0.1) is 5.38 Å². The number of amides is 1. The molecular formula is C22H30ClNO7. The first-order valence-electron chi connectivity index (χ1n) is 10.2. The number of carbonyl (C=O) groups excluding carboxylic acids is 4. The highest BCUT2D eigenvalue weighted by Crippen LogP contribution is 2.27.